The third kappa shape index (κ3) is 6.40. The van der Waals surface area contributed by atoms with E-state index in [9.17, 15) is 13.2 Å². The number of nitrogens with one attached hydrogen (secondary N) is 2. The van der Waals surface area contributed by atoms with Crippen LogP contribution in [0.15, 0.2) is 23.1 Å². The van der Waals surface area contributed by atoms with Crippen molar-refractivity contribution in [3.05, 3.63) is 23.2 Å². The third-order valence-corrected chi connectivity index (χ3v) is 5.48. The summed E-state index contributed by atoms with van der Waals surface area (Å²) in [6.07, 6.45) is 1.99. The molecule has 1 amide bonds. The van der Waals surface area contributed by atoms with E-state index in [2.05, 4.69) is 10.0 Å². The van der Waals surface area contributed by atoms with Gasteiger partial charge in [0.15, 0.2) is 6.61 Å². The van der Waals surface area contributed by atoms with Crippen molar-refractivity contribution in [1.82, 2.24) is 10.0 Å². The van der Waals surface area contributed by atoms with Crippen LogP contribution >= 0.6 is 11.6 Å². The molecule has 1 atom stereocenters. The maximum Gasteiger partial charge on any atom is 0.258 e. The average molecular weight is 407 g/mol. The zero-order valence-corrected chi connectivity index (χ0v) is 16.1. The molecule has 1 aromatic carbocycles. The molecule has 1 aliphatic heterocycles. The van der Waals surface area contributed by atoms with E-state index >= 15 is 0 Å². The van der Waals surface area contributed by atoms with E-state index in [0.29, 0.717) is 6.54 Å². The van der Waals surface area contributed by atoms with Crippen molar-refractivity contribution in [2.24, 2.45) is 0 Å². The second kappa shape index (κ2) is 10.1. The first-order chi connectivity index (χ1) is 12.4. The Balaban J connectivity index is 1.85. The van der Waals surface area contributed by atoms with E-state index in [1.165, 1.54) is 25.3 Å². The number of amides is 1. The van der Waals surface area contributed by atoms with E-state index in [1.54, 1.807) is 0 Å². The number of rotatable bonds is 10. The van der Waals surface area contributed by atoms with Gasteiger partial charge < -0.3 is 19.5 Å². The number of halogens is 1. The van der Waals surface area contributed by atoms with Crippen molar-refractivity contribution < 1.29 is 27.4 Å². The molecule has 146 valence electrons. The van der Waals surface area contributed by atoms with Crippen molar-refractivity contribution in [3.63, 3.8) is 0 Å². The highest BCUT2D eigenvalue weighted by Gasteiger charge is 2.18. The molecule has 0 aliphatic carbocycles. The van der Waals surface area contributed by atoms with E-state index in [4.69, 9.17) is 25.8 Å². The second-order valence-corrected chi connectivity index (χ2v) is 7.88. The van der Waals surface area contributed by atoms with Crippen molar-refractivity contribution in [3.8, 4) is 5.75 Å². The molecule has 0 spiro atoms. The van der Waals surface area contributed by atoms with Crippen LogP contribution in [0.4, 0.5) is 0 Å². The molecule has 0 aromatic heterocycles. The number of carbonyl (C=O) groups excluding carboxylic acids is 1. The summed E-state index contributed by atoms with van der Waals surface area (Å²) in [6.45, 7) is 1.36. The number of ether oxygens (including phenoxy) is 3. The van der Waals surface area contributed by atoms with Crippen LogP contribution in [0.1, 0.15) is 12.8 Å². The maximum absolute atomic E-state index is 12.1. The summed E-state index contributed by atoms with van der Waals surface area (Å²) in [7, 11) is -2.20. The highest BCUT2D eigenvalue weighted by Crippen LogP contribution is 2.27. The Morgan fingerprint density at radius 1 is 1.42 bits per heavy atom. The molecule has 0 saturated carbocycles. The summed E-state index contributed by atoms with van der Waals surface area (Å²) in [5, 5.41) is 2.83. The van der Waals surface area contributed by atoms with Crippen LogP contribution in [0.2, 0.25) is 5.02 Å². The lowest BCUT2D eigenvalue weighted by molar-refractivity contribution is -0.123. The molecule has 1 heterocycles. The van der Waals surface area contributed by atoms with Gasteiger partial charge in [0.2, 0.25) is 10.0 Å². The van der Waals surface area contributed by atoms with Gasteiger partial charge in [0.1, 0.15) is 5.75 Å². The molecule has 10 heteroatoms. The molecule has 0 unspecified atom stereocenters. The normalized spacial score (nSPS) is 17.2. The van der Waals surface area contributed by atoms with E-state index in [-0.39, 0.29) is 47.4 Å². The van der Waals surface area contributed by atoms with Crippen LogP contribution in [0, 0.1) is 0 Å². The molecular formula is C16H23ClN2O6S. The monoisotopic (exact) mass is 406 g/mol. The summed E-state index contributed by atoms with van der Waals surface area (Å²) in [5.41, 5.74) is 0. The quantitative estimate of drug-likeness (QED) is 0.560. The smallest absolute Gasteiger partial charge is 0.258 e. The molecule has 2 N–H and O–H groups in total. The molecule has 0 bridgehead atoms. The Kier molecular flexibility index (Phi) is 8.11. The predicted octanol–water partition coefficient (Wildman–Crippen LogP) is 0.939. The molecule has 26 heavy (non-hydrogen) atoms. The Morgan fingerprint density at radius 2 is 2.23 bits per heavy atom. The first-order valence-corrected chi connectivity index (χ1v) is 10.1. The molecular weight excluding hydrogens is 384 g/mol. The summed E-state index contributed by atoms with van der Waals surface area (Å²) < 4.78 is 42.2. The highest BCUT2D eigenvalue weighted by molar-refractivity contribution is 7.89. The van der Waals surface area contributed by atoms with Crippen LogP contribution in [0.3, 0.4) is 0 Å². The van der Waals surface area contributed by atoms with Gasteiger partial charge in [-0.25, -0.2) is 13.1 Å². The van der Waals surface area contributed by atoms with Crippen molar-refractivity contribution >= 4 is 27.5 Å². The predicted molar refractivity (Wildman–Crippen MR) is 96.0 cm³/mol. The zero-order chi connectivity index (χ0) is 19.0. The average Bonchev–Trinajstić information content (AvgIpc) is 3.12. The summed E-state index contributed by atoms with van der Waals surface area (Å²) in [5.74, 6) is -0.0655. The van der Waals surface area contributed by atoms with E-state index in [1.807, 2.05) is 0 Å². The van der Waals surface area contributed by atoms with Crippen LogP contribution in [-0.2, 0) is 24.3 Å². The molecule has 1 aliphatic rings. The maximum atomic E-state index is 12.1. The van der Waals surface area contributed by atoms with Gasteiger partial charge in [0, 0.05) is 26.8 Å². The third-order valence-electron chi connectivity index (χ3n) is 3.72. The summed E-state index contributed by atoms with van der Waals surface area (Å²) in [6, 6.07) is 4.05. The number of methoxy groups -OCH3 is 1. The Bertz CT molecular complexity index is 707. The Hall–Kier alpha value is -1.39. The fraction of sp³-hybridized carbons (Fsp3) is 0.562. The largest absolute Gasteiger partial charge is 0.482 e. The molecule has 0 radical (unpaired) electrons. The van der Waals surface area contributed by atoms with Crippen molar-refractivity contribution in [2.45, 2.75) is 23.8 Å². The standard InChI is InChI=1S/C16H23ClN2O6S/c1-23-8-6-19-26(21,22)13-4-5-15(14(17)9-13)25-11-16(20)18-10-12-3-2-7-24-12/h4-5,9,12,19H,2-3,6-8,10-11H2,1H3,(H,18,20)/t12-/m1/s1. The molecule has 1 aromatic rings. The Morgan fingerprint density at radius 3 is 2.88 bits per heavy atom. The van der Waals surface area contributed by atoms with Crippen LogP contribution in [0.5, 0.6) is 5.75 Å². The van der Waals surface area contributed by atoms with Gasteiger partial charge in [0.05, 0.1) is 22.6 Å². The van der Waals surface area contributed by atoms with Crippen LogP contribution in [0.25, 0.3) is 0 Å². The second-order valence-electron chi connectivity index (χ2n) is 5.71. The lowest BCUT2D eigenvalue weighted by Gasteiger charge is -2.12. The molecule has 8 nitrogen and oxygen atoms in total. The van der Waals surface area contributed by atoms with Crippen LogP contribution in [-0.4, -0.2) is 60.4 Å². The molecule has 2 rings (SSSR count). The number of hydrogen-bond donors (Lipinski definition) is 2. The minimum atomic E-state index is -3.68. The SMILES string of the molecule is COCCNS(=O)(=O)c1ccc(OCC(=O)NC[C@H]2CCCO2)c(Cl)c1. The summed E-state index contributed by atoms with van der Waals surface area (Å²) >= 11 is 6.07. The van der Waals surface area contributed by atoms with Crippen LogP contribution < -0.4 is 14.8 Å². The first-order valence-electron chi connectivity index (χ1n) is 8.21. The van der Waals surface area contributed by atoms with E-state index in [0.717, 1.165) is 19.4 Å². The van der Waals surface area contributed by atoms with Crippen molar-refractivity contribution in [2.75, 3.05) is 40.0 Å². The fourth-order valence-electron chi connectivity index (χ4n) is 2.35. The minimum Gasteiger partial charge on any atom is -0.482 e. The Labute approximate surface area is 158 Å². The number of benzene rings is 1. The van der Waals surface area contributed by atoms with Crippen molar-refractivity contribution in [1.29, 1.82) is 0 Å². The van der Waals surface area contributed by atoms with Gasteiger partial charge in [-0.3, -0.25) is 4.79 Å². The molecule has 1 fully saturated rings. The van der Waals surface area contributed by atoms with Gasteiger partial charge in [-0.1, -0.05) is 11.6 Å². The number of sulfonamides is 1. The zero-order valence-electron chi connectivity index (χ0n) is 14.5. The topological polar surface area (TPSA) is 103 Å². The summed E-state index contributed by atoms with van der Waals surface area (Å²) in [4.78, 5) is 11.8. The van der Waals surface area contributed by atoms with Gasteiger partial charge in [0.25, 0.3) is 5.91 Å². The molecule has 1 saturated heterocycles. The van der Waals surface area contributed by atoms with Gasteiger partial charge >= 0.3 is 0 Å². The van der Waals surface area contributed by atoms with Gasteiger partial charge in [-0.05, 0) is 31.0 Å². The van der Waals surface area contributed by atoms with Gasteiger partial charge in [-0.15, -0.1) is 0 Å². The number of hydrogen-bond acceptors (Lipinski definition) is 6. The number of carbonyl (C=O) groups is 1. The minimum absolute atomic E-state index is 0.00814. The highest BCUT2D eigenvalue weighted by atomic mass is 35.5. The lowest BCUT2D eigenvalue weighted by atomic mass is 10.2. The lowest BCUT2D eigenvalue weighted by Crippen LogP contribution is -2.35. The van der Waals surface area contributed by atoms with Gasteiger partial charge in [-0.2, -0.15) is 0 Å². The van der Waals surface area contributed by atoms with E-state index < -0.39 is 10.0 Å². The fourth-order valence-corrected chi connectivity index (χ4v) is 3.69. The first kappa shape index (κ1) is 20.9.